The summed E-state index contributed by atoms with van der Waals surface area (Å²) in [6, 6.07) is 12.4. The van der Waals surface area contributed by atoms with E-state index in [2.05, 4.69) is 4.72 Å². The third-order valence-corrected chi connectivity index (χ3v) is 5.23. The van der Waals surface area contributed by atoms with E-state index >= 15 is 0 Å². The molecule has 138 valence electrons. The molecule has 0 amide bonds. The smallest absolute Gasteiger partial charge is 0.307 e. The first-order chi connectivity index (χ1) is 12.3. The van der Waals surface area contributed by atoms with Crippen molar-refractivity contribution in [2.45, 2.75) is 24.8 Å². The van der Waals surface area contributed by atoms with E-state index in [9.17, 15) is 18.0 Å². The van der Waals surface area contributed by atoms with Crippen LogP contribution in [0.2, 0.25) is 5.02 Å². The van der Waals surface area contributed by atoms with Crippen LogP contribution >= 0.6 is 11.6 Å². The number of nitrogens with one attached hydrogen (secondary N) is 1. The number of hydrogen-bond acceptors (Lipinski definition) is 5. The molecule has 0 atom stereocenters. The van der Waals surface area contributed by atoms with Gasteiger partial charge in [0.05, 0.1) is 11.3 Å². The van der Waals surface area contributed by atoms with Crippen LogP contribution in [0.3, 0.4) is 0 Å². The number of sulfonamides is 1. The second-order valence-corrected chi connectivity index (χ2v) is 7.72. The van der Waals surface area contributed by atoms with E-state index in [4.69, 9.17) is 16.3 Å². The number of rotatable bonds is 8. The molecule has 26 heavy (non-hydrogen) atoms. The third-order valence-electron chi connectivity index (χ3n) is 3.51. The van der Waals surface area contributed by atoms with Crippen LogP contribution in [-0.2, 0) is 26.2 Å². The van der Waals surface area contributed by atoms with Gasteiger partial charge in [-0.25, -0.2) is 13.1 Å². The van der Waals surface area contributed by atoms with Crippen LogP contribution < -0.4 is 4.72 Å². The Balaban J connectivity index is 1.80. The molecule has 0 heterocycles. The Morgan fingerprint density at radius 1 is 1.04 bits per heavy atom. The molecule has 0 fully saturated rings. The van der Waals surface area contributed by atoms with Crippen molar-refractivity contribution >= 4 is 33.4 Å². The number of benzene rings is 2. The Labute approximate surface area is 157 Å². The molecule has 0 radical (unpaired) electrons. The Kier molecular flexibility index (Phi) is 6.90. The summed E-state index contributed by atoms with van der Waals surface area (Å²) in [5.74, 6) is -0.667. The fraction of sp³-hybridized carbons (Fsp3) is 0.222. The van der Waals surface area contributed by atoms with Crippen molar-refractivity contribution in [1.29, 1.82) is 0 Å². The maximum atomic E-state index is 12.1. The molecule has 1 N–H and O–H groups in total. The van der Waals surface area contributed by atoms with Crippen molar-refractivity contribution in [3.05, 3.63) is 64.7 Å². The Hall–Kier alpha value is -2.22. The number of Topliss-reactive ketones (excluding diaryl/α,β-unsaturated/α-hetero) is 1. The summed E-state index contributed by atoms with van der Waals surface area (Å²) in [5.41, 5.74) is 1.21. The zero-order chi connectivity index (χ0) is 19.2. The van der Waals surface area contributed by atoms with Gasteiger partial charge < -0.3 is 4.74 Å². The quantitative estimate of drug-likeness (QED) is 0.548. The van der Waals surface area contributed by atoms with Crippen LogP contribution in [-0.4, -0.2) is 26.7 Å². The van der Waals surface area contributed by atoms with Gasteiger partial charge in [-0.05, 0) is 36.8 Å². The Morgan fingerprint density at radius 2 is 1.65 bits per heavy atom. The van der Waals surface area contributed by atoms with Gasteiger partial charge in [0.1, 0.15) is 6.61 Å². The maximum absolute atomic E-state index is 12.1. The first-order valence-corrected chi connectivity index (χ1v) is 9.65. The van der Waals surface area contributed by atoms with Crippen molar-refractivity contribution in [2.75, 3.05) is 6.54 Å². The molecule has 0 unspecified atom stereocenters. The number of esters is 1. The summed E-state index contributed by atoms with van der Waals surface area (Å²) >= 11 is 5.77. The molecule has 0 spiro atoms. The molecule has 2 rings (SSSR count). The molecule has 6 nitrogen and oxygen atoms in total. The summed E-state index contributed by atoms with van der Waals surface area (Å²) in [7, 11) is -3.75. The van der Waals surface area contributed by atoms with Crippen LogP contribution in [0.4, 0.5) is 0 Å². The van der Waals surface area contributed by atoms with Crippen LogP contribution in [0.15, 0.2) is 53.4 Å². The van der Waals surface area contributed by atoms with Crippen LogP contribution in [0.5, 0.6) is 0 Å². The normalized spacial score (nSPS) is 11.2. The number of ether oxygens (including phenoxy) is 1. The van der Waals surface area contributed by atoms with Gasteiger partial charge in [-0.2, -0.15) is 0 Å². The van der Waals surface area contributed by atoms with Gasteiger partial charge in [-0.15, -0.1) is 0 Å². The topological polar surface area (TPSA) is 89.5 Å². The van der Waals surface area contributed by atoms with E-state index in [1.165, 1.54) is 31.2 Å². The number of carbonyl (C=O) groups excluding carboxylic acids is 2. The summed E-state index contributed by atoms with van der Waals surface area (Å²) in [6.07, 6.45) is -0.0989. The van der Waals surface area contributed by atoms with Gasteiger partial charge in [-0.1, -0.05) is 35.9 Å². The lowest BCUT2D eigenvalue weighted by Crippen LogP contribution is -2.26. The van der Waals surface area contributed by atoms with Crippen LogP contribution in [0.25, 0.3) is 0 Å². The molecular weight excluding hydrogens is 378 g/mol. The number of hydrogen-bond donors (Lipinski definition) is 1. The summed E-state index contributed by atoms with van der Waals surface area (Å²) in [4.78, 5) is 22.9. The lowest BCUT2D eigenvalue weighted by Gasteiger charge is -2.08. The molecule has 2 aromatic rings. The van der Waals surface area contributed by atoms with E-state index < -0.39 is 16.0 Å². The number of ketones is 1. The van der Waals surface area contributed by atoms with Crippen LogP contribution in [0, 0.1) is 0 Å². The average molecular weight is 396 g/mol. The van der Waals surface area contributed by atoms with Gasteiger partial charge in [0.2, 0.25) is 10.0 Å². The zero-order valence-electron chi connectivity index (χ0n) is 14.1. The summed E-state index contributed by atoms with van der Waals surface area (Å²) in [5, 5.41) is 0.589. The molecule has 0 aliphatic rings. The van der Waals surface area contributed by atoms with Crippen molar-refractivity contribution in [2.24, 2.45) is 0 Å². The number of halogens is 1. The molecular formula is C18H18ClNO5S. The average Bonchev–Trinajstić information content (AvgIpc) is 2.61. The standard InChI is InChI=1S/C18H18ClNO5S/c1-13(21)15-4-8-17(9-5-15)26(23,24)20-11-10-18(22)25-12-14-2-6-16(19)7-3-14/h2-9,20H,10-12H2,1H3. The minimum atomic E-state index is -3.75. The molecule has 0 aliphatic heterocycles. The monoisotopic (exact) mass is 395 g/mol. The minimum absolute atomic E-state index is 0.0250. The van der Waals surface area contributed by atoms with E-state index in [1.807, 2.05) is 0 Å². The second-order valence-electron chi connectivity index (χ2n) is 5.52. The van der Waals surface area contributed by atoms with Crippen LogP contribution in [0.1, 0.15) is 29.3 Å². The van der Waals surface area contributed by atoms with E-state index in [-0.39, 0.29) is 30.3 Å². The van der Waals surface area contributed by atoms with Gasteiger partial charge in [0.15, 0.2) is 5.78 Å². The Bertz CT molecular complexity index is 877. The van der Waals surface area contributed by atoms with Crippen molar-refractivity contribution in [3.8, 4) is 0 Å². The van der Waals surface area contributed by atoms with E-state index in [0.717, 1.165) is 5.56 Å². The fourth-order valence-corrected chi connectivity index (χ4v) is 3.21. The molecule has 0 aliphatic carbocycles. The molecule has 0 saturated heterocycles. The molecule has 8 heteroatoms. The molecule has 0 aromatic heterocycles. The lowest BCUT2D eigenvalue weighted by atomic mass is 10.2. The van der Waals surface area contributed by atoms with E-state index in [1.54, 1.807) is 24.3 Å². The third kappa shape index (κ3) is 5.94. The van der Waals surface area contributed by atoms with Gasteiger partial charge >= 0.3 is 5.97 Å². The molecule has 2 aromatic carbocycles. The van der Waals surface area contributed by atoms with Crippen molar-refractivity contribution in [1.82, 2.24) is 4.72 Å². The van der Waals surface area contributed by atoms with Crippen molar-refractivity contribution in [3.63, 3.8) is 0 Å². The SMILES string of the molecule is CC(=O)c1ccc(S(=O)(=O)NCCC(=O)OCc2ccc(Cl)cc2)cc1. The van der Waals surface area contributed by atoms with Gasteiger partial charge in [0, 0.05) is 17.1 Å². The highest BCUT2D eigenvalue weighted by Gasteiger charge is 2.15. The van der Waals surface area contributed by atoms with Gasteiger partial charge in [-0.3, -0.25) is 9.59 Å². The first kappa shape index (κ1) is 20.1. The fourth-order valence-electron chi connectivity index (χ4n) is 2.06. The van der Waals surface area contributed by atoms with Gasteiger partial charge in [0.25, 0.3) is 0 Å². The minimum Gasteiger partial charge on any atom is -0.461 e. The summed E-state index contributed by atoms with van der Waals surface area (Å²) in [6.45, 7) is 1.41. The zero-order valence-corrected chi connectivity index (χ0v) is 15.6. The van der Waals surface area contributed by atoms with E-state index in [0.29, 0.717) is 10.6 Å². The molecule has 0 saturated carbocycles. The second kappa shape index (κ2) is 8.93. The lowest BCUT2D eigenvalue weighted by molar-refractivity contribution is -0.144. The first-order valence-electron chi connectivity index (χ1n) is 7.79. The largest absolute Gasteiger partial charge is 0.461 e. The Morgan fingerprint density at radius 3 is 2.23 bits per heavy atom. The highest BCUT2D eigenvalue weighted by molar-refractivity contribution is 7.89. The number of carbonyl (C=O) groups is 2. The maximum Gasteiger partial charge on any atom is 0.307 e. The predicted octanol–water partition coefficient (Wildman–Crippen LogP) is 2.95. The summed E-state index contributed by atoms with van der Waals surface area (Å²) < 4.78 is 31.7. The highest BCUT2D eigenvalue weighted by Crippen LogP contribution is 2.12. The predicted molar refractivity (Wildman–Crippen MR) is 97.5 cm³/mol. The van der Waals surface area contributed by atoms with Crippen molar-refractivity contribution < 1.29 is 22.7 Å². The highest BCUT2D eigenvalue weighted by atomic mass is 35.5. The molecule has 0 bridgehead atoms.